The Morgan fingerprint density at radius 1 is 1.20 bits per heavy atom. The van der Waals surface area contributed by atoms with Crippen molar-refractivity contribution in [3.63, 3.8) is 0 Å². The zero-order valence-electron chi connectivity index (χ0n) is 10.6. The topological polar surface area (TPSA) is 12.5 Å². The summed E-state index contributed by atoms with van der Waals surface area (Å²) in [5.74, 6) is 0.840. The molecule has 0 aromatic rings. The summed E-state index contributed by atoms with van der Waals surface area (Å²) in [6, 6.07) is 1.44. The molecule has 0 unspecified atom stereocenters. The molecule has 2 saturated heterocycles. The van der Waals surface area contributed by atoms with Crippen LogP contribution in [0.5, 0.6) is 0 Å². The van der Waals surface area contributed by atoms with Gasteiger partial charge in [-0.3, -0.25) is 4.90 Å². The van der Waals surface area contributed by atoms with Crippen LogP contribution in [-0.4, -0.2) is 36.7 Å². The molecular weight excluding hydrogens is 186 g/mol. The fourth-order valence-electron chi connectivity index (χ4n) is 3.26. The van der Waals surface area contributed by atoms with Crippen molar-refractivity contribution in [2.24, 2.45) is 11.3 Å². The second-order valence-corrected chi connectivity index (χ2v) is 6.28. The van der Waals surface area contributed by atoms with Crippen LogP contribution in [0.2, 0.25) is 0 Å². The average molecular weight is 211 g/mol. The van der Waals surface area contributed by atoms with E-state index in [0.717, 1.165) is 25.2 Å². The van der Waals surface area contributed by atoms with Gasteiger partial charge < -0.3 is 4.74 Å². The zero-order chi connectivity index (χ0) is 11.1. The van der Waals surface area contributed by atoms with Crippen LogP contribution in [0, 0.1) is 11.3 Å². The number of hydrogen-bond donors (Lipinski definition) is 0. The molecule has 2 aliphatic heterocycles. The van der Waals surface area contributed by atoms with Crippen molar-refractivity contribution in [2.45, 2.75) is 52.6 Å². The molecule has 0 radical (unpaired) electrons. The Balaban J connectivity index is 2.02. The number of hydrogen-bond acceptors (Lipinski definition) is 2. The van der Waals surface area contributed by atoms with Crippen LogP contribution in [0.25, 0.3) is 0 Å². The van der Waals surface area contributed by atoms with Crippen molar-refractivity contribution in [3.8, 4) is 0 Å². The summed E-state index contributed by atoms with van der Waals surface area (Å²) in [6.07, 6.45) is 2.76. The van der Waals surface area contributed by atoms with Gasteiger partial charge in [-0.2, -0.15) is 0 Å². The minimum Gasteiger partial charge on any atom is -0.378 e. The number of rotatable bonds is 1. The van der Waals surface area contributed by atoms with Gasteiger partial charge in [-0.05, 0) is 37.6 Å². The lowest BCUT2D eigenvalue weighted by atomic mass is 9.71. The fourth-order valence-corrected chi connectivity index (χ4v) is 3.26. The highest BCUT2D eigenvalue weighted by Gasteiger charge is 2.39. The van der Waals surface area contributed by atoms with E-state index in [4.69, 9.17) is 4.74 Å². The van der Waals surface area contributed by atoms with Crippen molar-refractivity contribution >= 4 is 0 Å². The zero-order valence-corrected chi connectivity index (χ0v) is 10.6. The molecule has 0 bridgehead atoms. The largest absolute Gasteiger partial charge is 0.378 e. The molecule has 88 valence electrons. The van der Waals surface area contributed by atoms with E-state index < -0.39 is 0 Å². The SMILES string of the molecule is C[C@H]1[C@H](C(C)(C)C)CCCN1C1COC1. The lowest BCUT2D eigenvalue weighted by Crippen LogP contribution is -2.58. The van der Waals surface area contributed by atoms with Gasteiger partial charge in [0, 0.05) is 6.04 Å². The molecule has 0 aliphatic carbocycles. The Labute approximate surface area is 94.0 Å². The molecule has 0 spiro atoms. The molecule has 0 N–H and O–H groups in total. The summed E-state index contributed by atoms with van der Waals surface area (Å²) in [6.45, 7) is 12.8. The van der Waals surface area contributed by atoms with Crippen LogP contribution in [0.3, 0.4) is 0 Å². The number of nitrogens with zero attached hydrogens (tertiary/aromatic N) is 1. The van der Waals surface area contributed by atoms with E-state index in [2.05, 4.69) is 32.6 Å². The third kappa shape index (κ3) is 2.21. The van der Waals surface area contributed by atoms with Crippen molar-refractivity contribution in [1.29, 1.82) is 0 Å². The van der Waals surface area contributed by atoms with Crippen LogP contribution in [-0.2, 0) is 4.74 Å². The van der Waals surface area contributed by atoms with Gasteiger partial charge in [0.25, 0.3) is 0 Å². The first-order chi connectivity index (χ1) is 7.00. The van der Waals surface area contributed by atoms with Crippen LogP contribution in [0.4, 0.5) is 0 Å². The molecule has 0 amide bonds. The third-order valence-electron chi connectivity index (χ3n) is 4.24. The minimum atomic E-state index is 0.447. The van der Waals surface area contributed by atoms with Crippen LogP contribution in [0.15, 0.2) is 0 Å². The van der Waals surface area contributed by atoms with Gasteiger partial charge in [-0.25, -0.2) is 0 Å². The molecular formula is C13H25NO. The Bertz CT molecular complexity index is 217. The first-order valence-electron chi connectivity index (χ1n) is 6.33. The van der Waals surface area contributed by atoms with Gasteiger partial charge in [-0.1, -0.05) is 20.8 Å². The van der Waals surface area contributed by atoms with Gasteiger partial charge in [-0.15, -0.1) is 0 Å². The van der Waals surface area contributed by atoms with Gasteiger partial charge >= 0.3 is 0 Å². The molecule has 2 aliphatic rings. The average Bonchev–Trinajstić information content (AvgIpc) is 2.03. The predicted molar refractivity (Wildman–Crippen MR) is 63.0 cm³/mol. The normalized spacial score (nSPS) is 35.2. The lowest BCUT2D eigenvalue weighted by Gasteiger charge is -2.50. The summed E-state index contributed by atoms with van der Waals surface area (Å²) < 4.78 is 5.32. The Hall–Kier alpha value is -0.0800. The van der Waals surface area contributed by atoms with E-state index in [1.54, 1.807) is 0 Å². The van der Waals surface area contributed by atoms with Gasteiger partial charge in [0.2, 0.25) is 0 Å². The van der Waals surface area contributed by atoms with Crippen molar-refractivity contribution in [2.75, 3.05) is 19.8 Å². The summed E-state index contributed by atoms with van der Waals surface area (Å²) in [4.78, 5) is 2.68. The monoisotopic (exact) mass is 211 g/mol. The standard InChI is InChI=1S/C13H25NO/c1-10-12(13(2,3)4)6-5-7-14(10)11-8-15-9-11/h10-12H,5-9H2,1-4H3/t10-,12+/m0/s1. The van der Waals surface area contributed by atoms with Crippen molar-refractivity contribution in [3.05, 3.63) is 0 Å². The number of likely N-dealkylation sites (tertiary alicyclic amines) is 1. The van der Waals surface area contributed by atoms with Crippen LogP contribution in [0.1, 0.15) is 40.5 Å². The number of ether oxygens (including phenoxy) is 1. The Kier molecular flexibility index (Phi) is 3.09. The van der Waals surface area contributed by atoms with E-state index in [9.17, 15) is 0 Å². The summed E-state index contributed by atoms with van der Waals surface area (Å²) in [5, 5.41) is 0. The summed E-state index contributed by atoms with van der Waals surface area (Å²) in [5.41, 5.74) is 0.447. The first kappa shape index (κ1) is 11.4. The van der Waals surface area contributed by atoms with Crippen molar-refractivity contribution < 1.29 is 4.74 Å². The van der Waals surface area contributed by atoms with Crippen molar-refractivity contribution in [1.82, 2.24) is 4.90 Å². The molecule has 2 nitrogen and oxygen atoms in total. The Morgan fingerprint density at radius 2 is 1.87 bits per heavy atom. The van der Waals surface area contributed by atoms with Gasteiger partial charge in [0.1, 0.15) is 0 Å². The summed E-state index contributed by atoms with van der Waals surface area (Å²) >= 11 is 0. The van der Waals surface area contributed by atoms with E-state index in [1.165, 1.54) is 19.4 Å². The van der Waals surface area contributed by atoms with E-state index in [1.807, 2.05) is 0 Å². The molecule has 2 atom stereocenters. The maximum Gasteiger partial charge on any atom is 0.0645 e. The molecule has 2 rings (SSSR count). The minimum absolute atomic E-state index is 0.447. The quantitative estimate of drug-likeness (QED) is 0.661. The molecule has 2 heterocycles. The highest BCUT2D eigenvalue weighted by atomic mass is 16.5. The molecule has 15 heavy (non-hydrogen) atoms. The van der Waals surface area contributed by atoms with Gasteiger partial charge in [0.05, 0.1) is 19.3 Å². The smallest absolute Gasteiger partial charge is 0.0645 e. The molecule has 2 heteroatoms. The van der Waals surface area contributed by atoms with E-state index in [-0.39, 0.29) is 0 Å². The van der Waals surface area contributed by atoms with Crippen LogP contribution < -0.4 is 0 Å². The second kappa shape index (κ2) is 4.06. The molecule has 0 aromatic heterocycles. The van der Waals surface area contributed by atoms with Crippen LogP contribution >= 0.6 is 0 Å². The number of piperidine rings is 1. The van der Waals surface area contributed by atoms with Gasteiger partial charge in [0.15, 0.2) is 0 Å². The highest BCUT2D eigenvalue weighted by molar-refractivity contribution is 4.92. The first-order valence-corrected chi connectivity index (χ1v) is 6.33. The molecule has 0 saturated carbocycles. The summed E-state index contributed by atoms with van der Waals surface area (Å²) in [7, 11) is 0. The molecule has 0 aromatic carbocycles. The maximum atomic E-state index is 5.32. The molecule has 2 fully saturated rings. The van der Waals surface area contributed by atoms with E-state index >= 15 is 0 Å². The van der Waals surface area contributed by atoms with E-state index in [0.29, 0.717) is 11.5 Å². The predicted octanol–water partition coefficient (Wildman–Crippen LogP) is 2.53. The third-order valence-corrected chi connectivity index (χ3v) is 4.24. The highest BCUT2D eigenvalue weighted by Crippen LogP contribution is 2.38. The Morgan fingerprint density at radius 3 is 2.33 bits per heavy atom. The fraction of sp³-hybridized carbons (Fsp3) is 1.00. The lowest BCUT2D eigenvalue weighted by molar-refractivity contribution is -0.104. The maximum absolute atomic E-state index is 5.32. The second-order valence-electron chi connectivity index (χ2n) is 6.28.